The average molecular weight is 250 g/mol. The highest BCUT2D eigenvalue weighted by atomic mass is 16.5. The van der Waals surface area contributed by atoms with Crippen LogP contribution in [0.15, 0.2) is 25.3 Å². The standard InChI is InChI=1S/C6H14O4.C4H6.C2H6O/c7-1-3-9-5-6-10-4-2-8;1-3-4-2;1-3-2/h7-8H,1-6H2;3-4H,1-2H2;1-2H3. The molecule has 0 bridgehead atoms. The molecule has 5 nitrogen and oxygen atoms in total. The molecule has 0 amide bonds. The van der Waals surface area contributed by atoms with Crippen molar-refractivity contribution in [2.45, 2.75) is 0 Å². The second-order valence-electron chi connectivity index (χ2n) is 2.55. The molecule has 0 radical (unpaired) electrons. The van der Waals surface area contributed by atoms with Gasteiger partial charge in [-0.25, -0.2) is 0 Å². The van der Waals surface area contributed by atoms with Gasteiger partial charge in [0.1, 0.15) is 0 Å². The Kier molecular flexibility index (Phi) is 37.4. The quantitative estimate of drug-likeness (QED) is 0.488. The highest BCUT2D eigenvalue weighted by Gasteiger charge is 1.86. The molecule has 0 spiro atoms. The summed E-state index contributed by atoms with van der Waals surface area (Å²) >= 11 is 0. The fourth-order valence-electron chi connectivity index (χ4n) is 0.451. The third-order valence-electron chi connectivity index (χ3n) is 1.01. The van der Waals surface area contributed by atoms with E-state index in [1.165, 1.54) is 0 Å². The van der Waals surface area contributed by atoms with E-state index in [0.29, 0.717) is 26.4 Å². The minimum atomic E-state index is 0.0417. The van der Waals surface area contributed by atoms with Crippen LogP contribution in [0.1, 0.15) is 0 Å². The van der Waals surface area contributed by atoms with Crippen LogP contribution in [0.3, 0.4) is 0 Å². The number of aliphatic hydroxyl groups excluding tert-OH is 2. The average Bonchev–Trinajstić information content (AvgIpc) is 2.35. The van der Waals surface area contributed by atoms with E-state index in [2.05, 4.69) is 17.9 Å². The molecule has 0 aromatic heterocycles. The van der Waals surface area contributed by atoms with Crippen LogP contribution in [0, 0.1) is 0 Å². The number of allylic oxidation sites excluding steroid dienone is 2. The third-order valence-corrected chi connectivity index (χ3v) is 1.01. The van der Waals surface area contributed by atoms with Gasteiger partial charge in [-0.1, -0.05) is 25.3 Å². The van der Waals surface area contributed by atoms with Crippen LogP contribution in [0.25, 0.3) is 0 Å². The molecule has 0 aliphatic carbocycles. The first-order chi connectivity index (χ1) is 8.24. The Morgan fingerprint density at radius 3 is 1.29 bits per heavy atom. The van der Waals surface area contributed by atoms with Gasteiger partial charge in [0.2, 0.25) is 0 Å². The number of rotatable bonds is 8. The highest BCUT2D eigenvalue weighted by Crippen LogP contribution is 1.76. The second kappa shape index (κ2) is 29.5. The fourth-order valence-corrected chi connectivity index (χ4v) is 0.451. The summed E-state index contributed by atoms with van der Waals surface area (Å²) < 4.78 is 14.0. The Bertz CT molecular complexity index is 114. The summed E-state index contributed by atoms with van der Waals surface area (Å²) in [6.45, 7) is 8.45. The van der Waals surface area contributed by atoms with Crippen molar-refractivity contribution in [1.82, 2.24) is 0 Å². The molecule has 5 heteroatoms. The Labute approximate surface area is 104 Å². The first-order valence-corrected chi connectivity index (χ1v) is 5.25. The lowest BCUT2D eigenvalue weighted by atomic mass is 10.6. The van der Waals surface area contributed by atoms with E-state index < -0.39 is 0 Å². The van der Waals surface area contributed by atoms with E-state index in [1.807, 2.05) is 0 Å². The van der Waals surface area contributed by atoms with Crippen molar-refractivity contribution in [2.75, 3.05) is 53.9 Å². The van der Waals surface area contributed by atoms with Crippen LogP contribution in [-0.2, 0) is 14.2 Å². The fraction of sp³-hybridized carbons (Fsp3) is 0.667. The summed E-state index contributed by atoms with van der Waals surface area (Å²) in [7, 11) is 3.25. The molecule has 2 N–H and O–H groups in total. The molecule has 0 unspecified atom stereocenters. The molecule has 104 valence electrons. The van der Waals surface area contributed by atoms with Crippen LogP contribution in [0.4, 0.5) is 0 Å². The van der Waals surface area contributed by atoms with Crippen LogP contribution >= 0.6 is 0 Å². The molecule has 0 aliphatic heterocycles. The van der Waals surface area contributed by atoms with Crippen LogP contribution in [-0.4, -0.2) is 64.1 Å². The number of methoxy groups -OCH3 is 1. The van der Waals surface area contributed by atoms with Gasteiger partial charge in [0, 0.05) is 14.2 Å². The molecule has 0 fully saturated rings. The molecular formula is C12H26O5. The van der Waals surface area contributed by atoms with Gasteiger partial charge in [0.25, 0.3) is 0 Å². The van der Waals surface area contributed by atoms with Crippen molar-refractivity contribution in [1.29, 1.82) is 0 Å². The summed E-state index contributed by atoms with van der Waals surface area (Å²) in [5.41, 5.74) is 0. The van der Waals surface area contributed by atoms with E-state index in [9.17, 15) is 0 Å². The predicted molar refractivity (Wildman–Crippen MR) is 69.1 cm³/mol. The van der Waals surface area contributed by atoms with E-state index in [4.69, 9.17) is 19.7 Å². The van der Waals surface area contributed by atoms with E-state index in [-0.39, 0.29) is 13.2 Å². The minimum Gasteiger partial charge on any atom is -0.394 e. The summed E-state index contributed by atoms with van der Waals surface area (Å²) in [6.07, 6.45) is 3.28. The summed E-state index contributed by atoms with van der Waals surface area (Å²) in [6, 6.07) is 0. The molecule has 17 heavy (non-hydrogen) atoms. The Morgan fingerprint density at radius 1 is 0.824 bits per heavy atom. The first kappa shape index (κ1) is 21.6. The smallest absolute Gasteiger partial charge is 0.0701 e. The molecule has 0 aliphatic rings. The van der Waals surface area contributed by atoms with Crippen LogP contribution in [0.2, 0.25) is 0 Å². The van der Waals surface area contributed by atoms with Gasteiger partial charge in [0.05, 0.1) is 39.6 Å². The maximum atomic E-state index is 8.26. The normalized spacial score (nSPS) is 8.24. The molecule has 0 aromatic carbocycles. The van der Waals surface area contributed by atoms with Crippen molar-refractivity contribution in [3.05, 3.63) is 25.3 Å². The molecule has 0 atom stereocenters. The molecule has 0 saturated carbocycles. The summed E-state index contributed by atoms with van der Waals surface area (Å²) in [5, 5.41) is 16.5. The van der Waals surface area contributed by atoms with Gasteiger partial charge in [-0.2, -0.15) is 0 Å². The Balaban J connectivity index is -0.000000232. The second-order valence-corrected chi connectivity index (χ2v) is 2.55. The Morgan fingerprint density at radius 2 is 1.12 bits per heavy atom. The largest absolute Gasteiger partial charge is 0.394 e. The lowest BCUT2D eigenvalue weighted by molar-refractivity contribution is 0.0222. The maximum absolute atomic E-state index is 8.26. The Hall–Kier alpha value is -0.720. The summed E-state index contributed by atoms with van der Waals surface area (Å²) in [5.74, 6) is 0. The molecule has 0 rings (SSSR count). The zero-order valence-electron chi connectivity index (χ0n) is 10.9. The molecule has 0 heterocycles. The van der Waals surface area contributed by atoms with Crippen molar-refractivity contribution < 1.29 is 24.4 Å². The van der Waals surface area contributed by atoms with E-state index >= 15 is 0 Å². The van der Waals surface area contributed by atoms with Crippen molar-refractivity contribution in [3.8, 4) is 0 Å². The monoisotopic (exact) mass is 250 g/mol. The van der Waals surface area contributed by atoms with Gasteiger partial charge in [-0.3, -0.25) is 0 Å². The topological polar surface area (TPSA) is 68.2 Å². The van der Waals surface area contributed by atoms with Crippen molar-refractivity contribution in [2.24, 2.45) is 0 Å². The van der Waals surface area contributed by atoms with E-state index in [1.54, 1.807) is 26.4 Å². The van der Waals surface area contributed by atoms with Gasteiger partial charge in [-0.15, -0.1) is 0 Å². The van der Waals surface area contributed by atoms with Gasteiger partial charge >= 0.3 is 0 Å². The third kappa shape index (κ3) is 50.8. The molecular weight excluding hydrogens is 224 g/mol. The van der Waals surface area contributed by atoms with Crippen LogP contribution < -0.4 is 0 Å². The lowest BCUT2D eigenvalue weighted by Gasteiger charge is -2.01. The van der Waals surface area contributed by atoms with Gasteiger partial charge in [0.15, 0.2) is 0 Å². The zero-order chi connectivity index (χ0) is 13.8. The van der Waals surface area contributed by atoms with Gasteiger partial charge < -0.3 is 24.4 Å². The molecule has 0 aromatic rings. The molecule has 0 saturated heterocycles. The zero-order valence-corrected chi connectivity index (χ0v) is 10.9. The lowest BCUT2D eigenvalue weighted by Crippen LogP contribution is -2.09. The highest BCUT2D eigenvalue weighted by molar-refractivity contribution is 4.88. The number of hydrogen-bond acceptors (Lipinski definition) is 5. The number of aliphatic hydroxyl groups is 2. The number of ether oxygens (including phenoxy) is 3. The summed E-state index contributed by atoms with van der Waals surface area (Å²) in [4.78, 5) is 0. The minimum absolute atomic E-state index is 0.0417. The SMILES string of the molecule is C=CC=C.COC.OCCOCCOCCO. The van der Waals surface area contributed by atoms with Crippen molar-refractivity contribution in [3.63, 3.8) is 0 Å². The number of hydrogen-bond donors (Lipinski definition) is 2. The first-order valence-electron chi connectivity index (χ1n) is 5.25. The van der Waals surface area contributed by atoms with Crippen LogP contribution in [0.5, 0.6) is 0 Å². The maximum Gasteiger partial charge on any atom is 0.0701 e. The van der Waals surface area contributed by atoms with E-state index in [0.717, 1.165) is 0 Å². The van der Waals surface area contributed by atoms with Gasteiger partial charge in [-0.05, 0) is 0 Å². The predicted octanol–water partition coefficient (Wildman–Crippen LogP) is 0.625. The van der Waals surface area contributed by atoms with Crippen molar-refractivity contribution >= 4 is 0 Å².